The monoisotopic (exact) mass is 596 g/mol. The third-order valence-electron chi connectivity index (χ3n) is 11.5. The van der Waals surface area contributed by atoms with E-state index in [-0.39, 0.29) is 34.7 Å². The number of benzene rings is 1. The van der Waals surface area contributed by atoms with Crippen molar-refractivity contribution in [2.45, 2.75) is 69.3 Å². The number of allylic oxidation sites excluding steroid dienone is 1. The van der Waals surface area contributed by atoms with E-state index in [0.29, 0.717) is 29.3 Å². The molecule has 3 heterocycles. The Morgan fingerprint density at radius 1 is 1.16 bits per heavy atom. The van der Waals surface area contributed by atoms with Gasteiger partial charge in [-0.15, -0.1) is 0 Å². The molecule has 1 aromatic carbocycles. The molecule has 43 heavy (non-hydrogen) atoms. The lowest BCUT2D eigenvalue weighted by atomic mass is 9.45. The number of aliphatic hydroxyl groups excluding tert-OH is 1. The minimum absolute atomic E-state index is 0.0641. The Morgan fingerprint density at radius 3 is 2.81 bits per heavy atom. The zero-order valence-electron chi connectivity index (χ0n) is 24.4. The molecule has 222 valence electrons. The summed E-state index contributed by atoms with van der Waals surface area (Å²) >= 11 is 1.20. The highest BCUT2D eigenvalue weighted by Crippen LogP contribution is 2.67. The summed E-state index contributed by atoms with van der Waals surface area (Å²) < 4.78 is 7.78. The fourth-order valence-corrected chi connectivity index (χ4v) is 10.3. The minimum atomic E-state index is -1.49. The van der Waals surface area contributed by atoms with Gasteiger partial charge in [-0.1, -0.05) is 49.4 Å². The summed E-state index contributed by atoms with van der Waals surface area (Å²) in [5, 5.41) is 29.2. The van der Waals surface area contributed by atoms with Gasteiger partial charge in [-0.2, -0.15) is 10.1 Å². The third-order valence-corrected chi connectivity index (χ3v) is 12.3. The summed E-state index contributed by atoms with van der Waals surface area (Å²) in [5.41, 5.74) is 3.49. The van der Waals surface area contributed by atoms with E-state index in [0.717, 1.165) is 37.1 Å². The SMILES string of the molecule is CC12Cc3cnn(-c4ccccc4)c3C=C1CCC1C2C(O)CC2(C)C1CC[C@]2(O)C(=O)CSc1nc2ncccc2o1. The first kappa shape index (κ1) is 27.3. The van der Waals surface area contributed by atoms with Crippen LogP contribution in [0.3, 0.4) is 0 Å². The van der Waals surface area contributed by atoms with Crippen LogP contribution in [0.5, 0.6) is 0 Å². The molecule has 3 saturated carbocycles. The zero-order valence-corrected chi connectivity index (χ0v) is 25.3. The van der Waals surface area contributed by atoms with Crippen LogP contribution in [0.2, 0.25) is 0 Å². The van der Waals surface area contributed by atoms with Crippen LogP contribution in [0, 0.1) is 28.6 Å². The van der Waals surface area contributed by atoms with Crippen molar-refractivity contribution in [1.82, 2.24) is 19.7 Å². The summed E-state index contributed by atoms with van der Waals surface area (Å²) in [5.74, 6) is 0.327. The van der Waals surface area contributed by atoms with E-state index in [1.165, 1.54) is 22.9 Å². The van der Waals surface area contributed by atoms with Gasteiger partial charge in [-0.3, -0.25) is 4.79 Å². The van der Waals surface area contributed by atoms with E-state index in [4.69, 9.17) is 9.52 Å². The number of rotatable bonds is 5. The molecule has 0 saturated heterocycles. The lowest BCUT2D eigenvalue weighted by Crippen LogP contribution is -2.62. The highest BCUT2D eigenvalue weighted by molar-refractivity contribution is 7.99. The van der Waals surface area contributed by atoms with E-state index < -0.39 is 17.1 Å². The summed E-state index contributed by atoms with van der Waals surface area (Å²) in [6.45, 7) is 4.37. The van der Waals surface area contributed by atoms with Crippen molar-refractivity contribution in [3.63, 3.8) is 0 Å². The number of hydrogen-bond donors (Lipinski definition) is 2. The molecule has 2 N–H and O–H groups in total. The number of hydrogen-bond acceptors (Lipinski definition) is 8. The number of fused-ring (bicyclic) bond motifs is 7. The maximum Gasteiger partial charge on any atom is 0.258 e. The number of nitrogens with zero attached hydrogens (tertiary/aromatic N) is 4. The second-order valence-corrected chi connectivity index (χ2v) is 14.4. The molecule has 0 spiro atoms. The van der Waals surface area contributed by atoms with Crippen molar-refractivity contribution in [3.8, 4) is 5.69 Å². The highest BCUT2D eigenvalue weighted by Gasteiger charge is 2.68. The number of aliphatic hydroxyl groups is 2. The van der Waals surface area contributed by atoms with Gasteiger partial charge in [0, 0.05) is 11.6 Å². The van der Waals surface area contributed by atoms with E-state index in [2.05, 4.69) is 35.1 Å². The molecule has 9 heteroatoms. The Hall–Kier alpha value is -3.27. The van der Waals surface area contributed by atoms with Crippen LogP contribution in [-0.4, -0.2) is 53.2 Å². The van der Waals surface area contributed by atoms with Gasteiger partial charge in [0.1, 0.15) is 5.60 Å². The topological polar surface area (TPSA) is 114 Å². The summed E-state index contributed by atoms with van der Waals surface area (Å²) in [6, 6.07) is 13.8. The van der Waals surface area contributed by atoms with Crippen LogP contribution in [-0.2, 0) is 11.2 Å². The molecule has 8 rings (SSSR count). The van der Waals surface area contributed by atoms with Crippen LogP contribution < -0.4 is 0 Å². The number of Topliss-reactive ketones (excluding diaryl/α,β-unsaturated/α-hetero) is 1. The van der Waals surface area contributed by atoms with Gasteiger partial charge >= 0.3 is 0 Å². The Bertz CT molecular complexity index is 1730. The van der Waals surface area contributed by atoms with Crippen molar-refractivity contribution in [3.05, 3.63) is 71.7 Å². The Balaban J connectivity index is 1.05. The first-order valence-corrected chi connectivity index (χ1v) is 16.3. The predicted molar refractivity (Wildman–Crippen MR) is 164 cm³/mol. The molecule has 4 aromatic rings. The first-order valence-electron chi connectivity index (χ1n) is 15.3. The van der Waals surface area contributed by atoms with Crippen molar-refractivity contribution in [2.75, 3.05) is 5.75 Å². The number of thioether (sulfide) groups is 1. The van der Waals surface area contributed by atoms with Crippen LogP contribution in [0.25, 0.3) is 23.0 Å². The highest BCUT2D eigenvalue weighted by atomic mass is 32.2. The Kier molecular flexibility index (Phi) is 6.10. The average Bonchev–Trinajstić information content (AvgIpc) is 3.68. The molecule has 6 unspecified atom stereocenters. The van der Waals surface area contributed by atoms with Gasteiger partial charge < -0.3 is 14.6 Å². The van der Waals surface area contributed by atoms with Crippen LogP contribution in [0.15, 0.2) is 70.1 Å². The number of carbonyl (C=O) groups excluding carboxylic acids is 1. The van der Waals surface area contributed by atoms with Gasteiger partial charge in [-0.05, 0) is 97.6 Å². The molecule has 3 aromatic heterocycles. The number of carbonyl (C=O) groups is 1. The third kappa shape index (κ3) is 3.90. The second-order valence-electron chi connectivity index (χ2n) is 13.5. The maximum absolute atomic E-state index is 13.8. The molecular formula is C34H36N4O4S. The number of aromatic nitrogens is 4. The standard InChI is InChI=1S/C34H36N4O4S/c1-32-16-20-18-36-38(22-7-4-3-5-8-22)25(20)15-21(32)10-11-23-24-12-13-34(41,33(24,2)17-26(39)29(23)32)28(40)19-43-31-37-30-27(42-31)9-6-14-35-30/h3-9,14-15,18,23-24,26,29,39,41H,10-13,16-17,19H2,1-2H3/t23?,24?,26?,29?,32?,33?,34-/m0/s1. The molecule has 8 nitrogen and oxygen atoms in total. The lowest BCUT2D eigenvalue weighted by Gasteiger charge is -2.60. The average molecular weight is 597 g/mol. The van der Waals surface area contributed by atoms with Crippen LogP contribution in [0.1, 0.15) is 57.2 Å². The quantitative estimate of drug-likeness (QED) is 0.284. The van der Waals surface area contributed by atoms with E-state index >= 15 is 0 Å². The van der Waals surface area contributed by atoms with E-state index in [9.17, 15) is 15.0 Å². The number of para-hydroxylation sites is 1. The molecule has 0 amide bonds. The first-order chi connectivity index (χ1) is 20.7. The number of ketones is 1. The second kappa shape index (κ2) is 9.61. The molecular weight excluding hydrogens is 560 g/mol. The predicted octanol–water partition coefficient (Wildman–Crippen LogP) is 5.65. The van der Waals surface area contributed by atoms with Gasteiger partial charge in [0.2, 0.25) is 0 Å². The molecule has 0 bridgehead atoms. The Morgan fingerprint density at radius 2 is 2.00 bits per heavy atom. The maximum atomic E-state index is 13.8. The molecule has 4 aliphatic rings. The van der Waals surface area contributed by atoms with Crippen molar-refractivity contribution >= 4 is 34.9 Å². The summed E-state index contributed by atoms with van der Waals surface area (Å²) in [7, 11) is 0. The fraction of sp³-hybridized carbons (Fsp3) is 0.471. The van der Waals surface area contributed by atoms with Gasteiger partial charge in [-0.25, -0.2) is 9.67 Å². The zero-order chi connectivity index (χ0) is 29.6. The van der Waals surface area contributed by atoms with Crippen molar-refractivity contribution in [1.29, 1.82) is 0 Å². The number of pyridine rings is 1. The van der Waals surface area contributed by atoms with E-state index in [1.54, 1.807) is 18.3 Å². The molecule has 4 aliphatic carbocycles. The fourth-order valence-electron chi connectivity index (χ4n) is 9.48. The van der Waals surface area contributed by atoms with Crippen molar-refractivity contribution in [2.24, 2.45) is 28.6 Å². The van der Waals surface area contributed by atoms with Gasteiger partial charge in [0.15, 0.2) is 17.0 Å². The largest absolute Gasteiger partial charge is 0.430 e. The Labute approximate surface area is 254 Å². The smallest absolute Gasteiger partial charge is 0.258 e. The molecule has 0 aliphatic heterocycles. The molecule has 7 atom stereocenters. The minimum Gasteiger partial charge on any atom is -0.430 e. The number of oxazole rings is 1. The van der Waals surface area contributed by atoms with Gasteiger partial charge in [0.05, 0.1) is 29.4 Å². The molecule has 0 radical (unpaired) electrons. The van der Waals surface area contributed by atoms with E-state index in [1.807, 2.05) is 36.0 Å². The van der Waals surface area contributed by atoms with Crippen molar-refractivity contribution < 1.29 is 19.4 Å². The lowest BCUT2D eigenvalue weighted by molar-refractivity contribution is -0.177. The van der Waals surface area contributed by atoms with Gasteiger partial charge in [0.25, 0.3) is 5.22 Å². The van der Waals surface area contributed by atoms with Crippen LogP contribution >= 0.6 is 11.8 Å². The summed E-state index contributed by atoms with van der Waals surface area (Å²) in [6.07, 6.45) is 9.71. The summed E-state index contributed by atoms with van der Waals surface area (Å²) in [4.78, 5) is 22.4. The van der Waals surface area contributed by atoms with Crippen LogP contribution in [0.4, 0.5) is 0 Å². The molecule has 3 fully saturated rings. The normalized spacial score (nSPS) is 34.7.